The van der Waals surface area contributed by atoms with Gasteiger partial charge in [0.2, 0.25) is 5.95 Å². The lowest BCUT2D eigenvalue weighted by Gasteiger charge is -2.18. The summed E-state index contributed by atoms with van der Waals surface area (Å²) in [7, 11) is 2.08. The van der Waals surface area contributed by atoms with Gasteiger partial charge in [0.1, 0.15) is 5.52 Å². The molecule has 0 amide bonds. The Bertz CT molecular complexity index is 530. The van der Waals surface area contributed by atoms with Gasteiger partial charge in [0.25, 0.3) is 0 Å². The molecule has 0 radical (unpaired) electrons. The van der Waals surface area contributed by atoms with E-state index in [9.17, 15) is 0 Å². The number of aromatic nitrogens is 4. The predicted octanol–water partition coefficient (Wildman–Crippen LogP) is 1.38. The second-order valence-electron chi connectivity index (χ2n) is 4.34. The van der Waals surface area contributed by atoms with Crippen LogP contribution >= 0.6 is 0 Å². The van der Waals surface area contributed by atoms with Crippen molar-refractivity contribution in [3.63, 3.8) is 0 Å². The van der Waals surface area contributed by atoms with Crippen molar-refractivity contribution in [1.82, 2.24) is 19.9 Å². The van der Waals surface area contributed by atoms with Crippen LogP contribution in [0, 0.1) is 0 Å². The molecule has 0 aromatic carbocycles. The molecule has 1 aliphatic carbocycles. The Hall–Kier alpha value is -1.85. The molecule has 2 aromatic rings. The average Bonchev–Trinajstić information content (AvgIpc) is 3.07. The molecule has 0 unspecified atom stereocenters. The topological polar surface area (TPSA) is 69.7 Å². The molecule has 2 aromatic heterocycles. The van der Waals surface area contributed by atoms with Gasteiger partial charge >= 0.3 is 0 Å². The second kappa shape index (κ2) is 3.87. The Balaban J connectivity index is 2.08. The van der Waals surface area contributed by atoms with Crippen LogP contribution in [0.3, 0.4) is 0 Å². The van der Waals surface area contributed by atoms with Gasteiger partial charge in [-0.3, -0.25) is 0 Å². The Morgan fingerprint density at radius 2 is 2.29 bits per heavy atom. The first-order chi connectivity index (χ1) is 8.29. The van der Waals surface area contributed by atoms with Crippen molar-refractivity contribution >= 4 is 22.9 Å². The number of nitrogens with one attached hydrogen (secondary N) is 2. The fourth-order valence-corrected chi connectivity index (χ4v) is 1.95. The van der Waals surface area contributed by atoms with Crippen molar-refractivity contribution in [3.8, 4) is 0 Å². The van der Waals surface area contributed by atoms with Gasteiger partial charge in [-0.05, 0) is 19.8 Å². The van der Waals surface area contributed by atoms with Crippen LogP contribution in [0.15, 0.2) is 6.33 Å². The van der Waals surface area contributed by atoms with Crippen LogP contribution in [0.25, 0.3) is 11.2 Å². The smallest absolute Gasteiger partial charge is 0.226 e. The van der Waals surface area contributed by atoms with E-state index in [1.54, 1.807) is 6.33 Å². The summed E-state index contributed by atoms with van der Waals surface area (Å²) in [5.74, 6) is 1.58. The van der Waals surface area contributed by atoms with Crippen molar-refractivity contribution < 1.29 is 0 Å². The number of anilines is 2. The summed E-state index contributed by atoms with van der Waals surface area (Å²) in [4.78, 5) is 18.5. The van der Waals surface area contributed by atoms with Gasteiger partial charge in [-0.15, -0.1) is 0 Å². The molecule has 0 spiro atoms. The highest BCUT2D eigenvalue weighted by Gasteiger charge is 2.29. The lowest BCUT2D eigenvalue weighted by molar-refractivity contribution is 0.892. The maximum Gasteiger partial charge on any atom is 0.226 e. The molecule has 2 N–H and O–H groups in total. The molecular weight excluding hydrogens is 216 g/mol. The minimum atomic E-state index is 0.617. The maximum atomic E-state index is 4.56. The van der Waals surface area contributed by atoms with E-state index < -0.39 is 0 Å². The largest absolute Gasteiger partial charge is 0.355 e. The van der Waals surface area contributed by atoms with Crippen molar-refractivity contribution in [2.24, 2.45) is 0 Å². The van der Waals surface area contributed by atoms with Gasteiger partial charge in [0.15, 0.2) is 11.5 Å². The van der Waals surface area contributed by atoms with Crippen LogP contribution in [0.5, 0.6) is 0 Å². The fourth-order valence-electron chi connectivity index (χ4n) is 1.95. The van der Waals surface area contributed by atoms with E-state index >= 15 is 0 Å². The number of hydrogen-bond donors (Lipinski definition) is 2. The molecule has 0 saturated heterocycles. The molecular formula is C11H16N6. The first kappa shape index (κ1) is 10.3. The van der Waals surface area contributed by atoms with Crippen LogP contribution in [-0.4, -0.2) is 39.6 Å². The molecule has 2 heterocycles. The van der Waals surface area contributed by atoms with Crippen LogP contribution < -0.4 is 10.2 Å². The van der Waals surface area contributed by atoms with Gasteiger partial charge in [-0.2, -0.15) is 9.97 Å². The summed E-state index contributed by atoms with van der Waals surface area (Å²) >= 11 is 0. The minimum absolute atomic E-state index is 0.617. The first-order valence-corrected chi connectivity index (χ1v) is 5.97. The van der Waals surface area contributed by atoms with E-state index in [-0.39, 0.29) is 0 Å². The Kier molecular flexibility index (Phi) is 2.35. The fraction of sp³-hybridized carbons (Fsp3) is 0.545. The number of imidazole rings is 1. The third kappa shape index (κ3) is 1.79. The molecule has 0 atom stereocenters. The summed E-state index contributed by atoms with van der Waals surface area (Å²) in [6.45, 7) is 2.84. The summed E-state index contributed by atoms with van der Waals surface area (Å²) in [5.41, 5.74) is 1.64. The van der Waals surface area contributed by atoms with Gasteiger partial charge in [0, 0.05) is 19.6 Å². The lowest BCUT2D eigenvalue weighted by Crippen LogP contribution is -2.22. The van der Waals surface area contributed by atoms with E-state index in [1.807, 2.05) is 6.92 Å². The third-order valence-corrected chi connectivity index (χ3v) is 3.03. The van der Waals surface area contributed by atoms with E-state index in [4.69, 9.17) is 0 Å². The first-order valence-electron chi connectivity index (χ1n) is 5.97. The molecule has 0 bridgehead atoms. The monoisotopic (exact) mass is 232 g/mol. The van der Waals surface area contributed by atoms with E-state index in [2.05, 4.69) is 37.2 Å². The highest BCUT2D eigenvalue weighted by Crippen LogP contribution is 2.32. The Labute approximate surface area is 99.5 Å². The standard InChI is InChI=1S/C11H16N6/c1-3-12-11-15-9-8(13-6-14-9)10(16-11)17(2)7-4-5-7/h6-7H,3-5H2,1-2H3,(H2,12,13,14,15,16). The van der Waals surface area contributed by atoms with Crippen molar-refractivity contribution in [2.45, 2.75) is 25.8 Å². The quantitative estimate of drug-likeness (QED) is 0.833. The summed E-state index contributed by atoms with van der Waals surface area (Å²) in [5, 5.41) is 3.14. The zero-order valence-electron chi connectivity index (χ0n) is 10.1. The Morgan fingerprint density at radius 1 is 1.47 bits per heavy atom. The van der Waals surface area contributed by atoms with E-state index in [0.717, 1.165) is 23.5 Å². The normalized spacial score (nSPS) is 15.2. The maximum absolute atomic E-state index is 4.56. The zero-order valence-corrected chi connectivity index (χ0v) is 10.1. The molecule has 17 heavy (non-hydrogen) atoms. The molecule has 1 aliphatic rings. The number of nitrogens with zero attached hydrogens (tertiary/aromatic N) is 4. The molecule has 6 nitrogen and oxygen atoms in total. The highest BCUT2D eigenvalue weighted by atomic mass is 15.3. The molecule has 1 fully saturated rings. The van der Waals surface area contributed by atoms with Gasteiger partial charge in [-0.1, -0.05) is 0 Å². The summed E-state index contributed by atoms with van der Waals surface area (Å²) in [6.07, 6.45) is 4.15. The van der Waals surface area contributed by atoms with Crippen molar-refractivity contribution in [3.05, 3.63) is 6.33 Å². The summed E-state index contributed by atoms with van der Waals surface area (Å²) in [6, 6.07) is 0.617. The molecule has 90 valence electrons. The number of rotatable bonds is 4. The van der Waals surface area contributed by atoms with Crippen LogP contribution in [0.2, 0.25) is 0 Å². The minimum Gasteiger partial charge on any atom is -0.355 e. The van der Waals surface area contributed by atoms with Crippen LogP contribution in [0.4, 0.5) is 11.8 Å². The second-order valence-corrected chi connectivity index (χ2v) is 4.34. The SMILES string of the molecule is CCNc1nc(N(C)C2CC2)c2[nH]cnc2n1. The van der Waals surface area contributed by atoms with Gasteiger partial charge < -0.3 is 15.2 Å². The number of hydrogen-bond acceptors (Lipinski definition) is 5. The summed E-state index contributed by atoms with van der Waals surface area (Å²) < 4.78 is 0. The van der Waals surface area contributed by atoms with Crippen molar-refractivity contribution in [1.29, 1.82) is 0 Å². The third-order valence-electron chi connectivity index (χ3n) is 3.03. The molecule has 1 saturated carbocycles. The van der Waals surface area contributed by atoms with E-state index in [1.165, 1.54) is 12.8 Å². The highest BCUT2D eigenvalue weighted by molar-refractivity contribution is 5.84. The van der Waals surface area contributed by atoms with Gasteiger partial charge in [0.05, 0.1) is 6.33 Å². The van der Waals surface area contributed by atoms with Crippen LogP contribution in [-0.2, 0) is 0 Å². The number of H-pyrrole nitrogens is 1. The average molecular weight is 232 g/mol. The number of aromatic amines is 1. The molecule has 6 heteroatoms. The Morgan fingerprint density at radius 3 is 3.00 bits per heavy atom. The zero-order chi connectivity index (χ0) is 11.8. The molecule has 3 rings (SSSR count). The lowest BCUT2D eigenvalue weighted by atomic mass is 10.4. The van der Waals surface area contributed by atoms with Gasteiger partial charge in [-0.25, -0.2) is 4.98 Å². The predicted molar refractivity (Wildman–Crippen MR) is 67.3 cm³/mol. The molecule has 0 aliphatic heterocycles. The van der Waals surface area contributed by atoms with E-state index in [0.29, 0.717) is 12.0 Å². The van der Waals surface area contributed by atoms with Crippen LogP contribution in [0.1, 0.15) is 19.8 Å². The van der Waals surface area contributed by atoms with Crippen molar-refractivity contribution in [2.75, 3.05) is 23.8 Å². The number of fused-ring (bicyclic) bond motifs is 1.